The zero-order chi connectivity index (χ0) is 14.3. The van der Waals surface area contributed by atoms with Crippen LogP contribution in [0.1, 0.15) is 37.0 Å². The highest BCUT2D eigenvalue weighted by molar-refractivity contribution is 9.10. The second-order valence-corrected chi connectivity index (χ2v) is 4.82. The zero-order valence-electron chi connectivity index (χ0n) is 11.5. The smallest absolute Gasteiger partial charge is 0.339 e. The maximum atomic E-state index is 11.6. The molecule has 0 atom stereocenters. The molecule has 106 valence electrons. The van der Waals surface area contributed by atoms with Crippen molar-refractivity contribution in [2.24, 2.45) is 0 Å². The summed E-state index contributed by atoms with van der Waals surface area (Å²) in [5.41, 5.74) is 0.428. The predicted molar refractivity (Wildman–Crippen MR) is 77.1 cm³/mol. The Labute approximate surface area is 122 Å². The van der Waals surface area contributed by atoms with Crippen LogP contribution in [0, 0.1) is 0 Å². The van der Waals surface area contributed by atoms with Gasteiger partial charge in [0.05, 0.1) is 25.9 Å². The van der Waals surface area contributed by atoms with E-state index in [1.54, 1.807) is 12.1 Å². The topological polar surface area (TPSA) is 44.8 Å². The van der Waals surface area contributed by atoms with E-state index >= 15 is 0 Å². The van der Waals surface area contributed by atoms with Crippen molar-refractivity contribution in [3.63, 3.8) is 0 Å². The highest BCUT2D eigenvalue weighted by Crippen LogP contribution is 2.34. The van der Waals surface area contributed by atoms with Gasteiger partial charge in [-0.3, -0.25) is 0 Å². The predicted octanol–water partition coefficient (Wildman–Crippen LogP) is 3.81. The third kappa shape index (κ3) is 4.42. The molecule has 4 nitrogen and oxygen atoms in total. The number of rotatable bonds is 7. The maximum Gasteiger partial charge on any atom is 0.339 e. The van der Waals surface area contributed by atoms with Gasteiger partial charge in [-0.1, -0.05) is 13.8 Å². The van der Waals surface area contributed by atoms with Crippen LogP contribution in [0.2, 0.25) is 0 Å². The number of carbonyl (C=O) groups is 1. The molecular formula is C14H19BrO4. The number of hydrogen-bond donors (Lipinski definition) is 0. The van der Waals surface area contributed by atoms with Gasteiger partial charge in [-0.05, 0) is 40.9 Å². The Morgan fingerprint density at radius 3 is 2.11 bits per heavy atom. The van der Waals surface area contributed by atoms with Crippen molar-refractivity contribution in [2.75, 3.05) is 20.3 Å². The normalized spacial score (nSPS) is 10.1. The molecule has 1 rings (SSSR count). The van der Waals surface area contributed by atoms with Gasteiger partial charge in [0.25, 0.3) is 0 Å². The summed E-state index contributed by atoms with van der Waals surface area (Å²) in [6.45, 7) is 5.23. The molecule has 0 aliphatic heterocycles. The van der Waals surface area contributed by atoms with Gasteiger partial charge in [0.1, 0.15) is 0 Å². The molecule has 5 heteroatoms. The lowest BCUT2D eigenvalue weighted by molar-refractivity contribution is 0.0599. The molecule has 0 aliphatic rings. The molecule has 0 fully saturated rings. The maximum absolute atomic E-state index is 11.6. The van der Waals surface area contributed by atoms with Crippen LogP contribution in [0.4, 0.5) is 0 Å². The molecule has 1 aromatic rings. The molecule has 0 heterocycles. The van der Waals surface area contributed by atoms with Gasteiger partial charge < -0.3 is 14.2 Å². The molecule has 1 aromatic carbocycles. The average Bonchev–Trinajstić information content (AvgIpc) is 2.43. The van der Waals surface area contributed by atoms with Gasteiger partial charge in [-0.25, -0.2) is 4.79 Å². The number of ether oxygens (including phenoxy) is 3. The van der Waals surface area contributed by atoms with Gasteiger partial charge in [0.2, 0.25) is 0 Å². The number of halogens is 1. The van der Waals surface area contributed by atoms with Crippen molar-refractivity contribution in [1.82, 2.24) is 0 Å². The first kappa shape index (κ1) is 15.8. The molecule has 0 bridgehead atoms. The highest BCUT2D eigenvalue weighted by Gasteiger charge is 2.16. The first-order valence-corrected chi connectivity index (χ1v) is 7.10. The summed E-state index contributed by atoms with van der Waals surface area (Å²) in [4.78, 5) is 11.6. The summed E-state index contributed by atoms with van der Waals surface area (Å²) >= 11 is 3.35. The van der Waals surface area contributed by atoms with Gasteiger partial charge in [0.15, 0.2) is 11.5 Å². The number of methoxy groups -OCH3 is 1. The van der Waals surface area contributed by atoms with E-state index < -0.39 is 5.97 Å². The zero-order valence-corrected chi connectivity index (χ0v) is 13.1. The number of hydrogen-bond acceptors (Lipinski definition) is 4. The summed E-state index contributed by atoms with van der Waals surface area (Å²) in [5.74, 6) is 0.795. The SMILES string of the molecule is CCCOc1cc(Br)c(C(=O)OC)cc1OCCC. The standard InChI is InChI=1S/C14H19BrO4/c1-4-6-18-12-8-10(14(16)17-3)11(15)9-13(12)19-7-5-2/h8-9H,4-7H2,1-3H3. The summed E-state index contributed by atoms with van der Waals surface area (Å²) in [6.07, 6.45) is 1.79. The summed E-state index contributed by atoms with van der Waals surface area (Å²) in [6, 6.07) is 3.39. The lowest BCUT2D eigenvalue weighted by atomic mass is 10.2. The molecule has 0 saturated carbocycles. The summed E-state index contributed by atoms with van der Waals surface area (Å²) in [7, 11) is 1.35. The van der Waals surface area contributed by atoms with Crippen LogP contribution in [-0.4, -0.2) is 26.3 Å². The molecule has 0 aliphatic carbocycles. The Morgan fingerprint density at radius 1 is 1.11 bits per heavy atom. The number of benzene rings is 1. The minimum atomic E-state index is -0.407. The van der Waals surface area contributed by atoms with Gasteiger partial charge in [-0.2, -0.15) is 0 Å². The van der Waals surface area contributed by atoms with E-state index in [1.807, 2.05) is 13.8 Å². The van der Waals surface area contributed by atoms with Crippen molar-refractivity contribution in [3.8, 4) is 11.5 Å². The van der Waals surface area contributed by atoms with Crippen LogP contribution >= 0.6 is 15.9 Å². The first-order valence-electron chi connectivity index (χ1n) is 6.31. The van der Waals surface area contributed by atoms with E-state index in [9.17, 15) is 4.79 Å². The Bertz CT molecular complexity index is 432. The van der Waals surface area contributed by atoms with Crippen LogP contribution in [0.3, 0.4) is 0 Å². The van der Waals surface area contributed by atoms with Gasteiger partial charge in [0, 0.05) is 4.47 Å². The Balaban J connectivity index is 3.08. The lowest BCUT2D eigenvalue weighted by Crippen LogP contribution is -2.06. The molecule has 0 saturated heterocycles. The molecule has 0 N–H and O–H groups in total. The van der Waals surface area contributed by atoms with Crippen molar-refractivity contribution < 1.29 is 19.0 Å². The summed E-state index contributed by atoms with van der Waals surface area (Å²) < 4.78 is 16.6. The van der Waals surface area contributed by atoms with Gasteiger partial charge in [-0.15, -0.1) is 0 Å². The third-order valence-corrected chi connectivity index (χ3v) is 3.02. The molecule has 0 unspecified atom stereocenters. The van der Waals surface area contributed by atoms with Gasteiger partial charge >= 0.3 is 5.97 Å². The Hall–Kier alpha value is -1.23. The van der Waals surface area contributed by atoms with Crippen molar-refractivity contribution in [1.29, 1.82) is 0 Å². The van der Waals surface area contributed by atoms with Crippen molar-refractivity contribution >= 4 is 21.9 Å². The van der Waals surface area contributed by atoms with Crippen LogP contribution in [-0.2, 0) is 4.74 Å². The number of esters is 1. The van der Waals surface area contributed by atoms with Crippen LogP contribution in [0.25, 0.3) is 0 Å². The minimum Gasteiger partial charge on any atom is -0.490 e. The lowest BCUT2D eigenvalue weighted by Gasteiger charge is -2.14. The van der Waals surface area contributed by atoms with E-state index in [4.69, 9.17) is 14.2 Å². The Morgan fingerprint density at radius 2 is 1.63 bits per heavy atom. The second kappa shape index (κ2) is 8.04. The molecular weight excluding hydrogens is 312 g/mol. The van der Waals surface area contributed by atoms with Crippen molar-refractivity contribution in [2.45, 2.75) is 26.7 Å². The summed E-state index contributed by atoms with van der Waals surface area (Å²) in [5, 5.41) is 0. The first-order chi connectivity index (χ1) is 9.13. The molecule has 0 aromatic heterocycles. The second-order valence-electron chi connectivity index (χ2n) is 3.97. The van der Waals surface area contributed by atoms with Crippen LogP contribution in [0.5, 0.6) is 11.5 Å². The molecule has 0 spiro atoms. The van der Waals surface area contributed by atoms with Crippen LogP contribution < -0.4 is 9.47 Å². The monoisotopic (exact) mass is 330 g/mol. The molecule has 0 radical (unpaired) electrons. The fraction of sp³-hybridized carbons (Fsp3) is 0.500. The van der Waals surface area contributed by atoms with Crippen LogP contribution in [0.15, 0.2) is 16.6 Å². The van der Waals surface area contributed by atoms with E-state index in [0.29, 0.717) is 34.7 Å². The number of carbonyl (C=O) groups excluding carboxylic acids is 1. The van der Waals surface area contributed by atoms with E-state index in [0.717, 1.165) is 12.8 Å². The van der Waals surface area contributed by atoms with E-state index in [-0.39, 0.29) is 0 Å². The largest absolute Gasteiger partial charge is 0.490 e. The van der Waals surface area contributed by atoms with E-state index in [1.165, 1.54) is 7.11 Å². The third-order valence-electron chi connectivity index (χ3n) is 2.36. The van der Waals surface area contributed by atoms with Crippen molar-refractivity contribution in [3.05, 3.63) is 22.2 Å². The fourth-order valence-electron chi connectivity index (χ4n) is 1.45. The minimum absolute atomic E-state index is 0.407. The molecule has 19 heavy (non-hydrogen) atoms. The fourth-order valence-corrected chi connectivity index (χ4v) is 1.94. The highest BCUT2D eigenvalue weighted by atomic mass is 79.9. The quantitative estimate of drug-likeness (QED) is 0.713. The molecule has 0 amide bonds. The van der Waals surface area contributed by atoms with E-state index in [2.05, 4.69) is 15.9 Å². The Kier molecular flexibility index (Phi) is 6.70. The average molecular weight is 331 g/mol.